The molecule has 0 spiro atoms. The molecule has 0 bridgehead atoms. The van der Waals surface area contributed by atoms with Crippen LogP contribution in [0.2, 0.25) is 0 Å². The Bertz CT molecular complexity index is 1000. The van der Waals surface area contributed by atoms with Crippen molar-refractivity contribution in [1.82, 2.24) is 25.3 Å². The van der Waals surface area contributed by atoms with Crippen LogP contribution >= 0.6 is 0 Å². The van der Waals surface area contributed by atoms with Gasteiger partial charge >= 0.3 is 0 Å². The highest BCUT2D eigenvalue weighted by molar-refractivity contribution is 5.86. The number of hydrogen-bond donors (Lipinski definition) is 3. The van der Waals surface area contributed by atoms with Crippen molar-refractivity contribution in [3.8, 4) is 11.1 Å². The Hall–Kier alpha value is -3.33. The number of halogens is 1. The molecule has 28 heavy (non-hydrogen) atoms. The van der Waals surface area contributed by atoms with E-state index in [-0.39, 0.29) is 18.6 Å². The molecule has 4 rings (SSSR count). The summed E-state index contributed by atoms with van der Waals surface area (Å²) in [6, 6.07) is 7.98. The first-order chi connectivity index (χ1) is 13.5. The number of nitrogens with zero attached hydrogens (tertiary/aromatic N) is 4. The lowest BCUT2D eigenvalue weighted by molar-refractivity contribution is -0.120. The van der Waals surface area contributed by atoms with Gasteiger partial charge in [0, 0.05) is 24.4 Å². The zero-order chi connectivity index (χ0) is 19.7. The molecule has 1 unspecified atom stereocenters. The first kappa shape index (κ1) is 18.1. The van der Waals surface area contributed by atoms with E-state index in [9.17, 15) is 14.3 Å². The number of anilines is 2. The highest BCUT2D eigenvalue weighted by Crippen LogP contribution is 2.31. The van der Waals surface area contributed by atoms with E-state index in [0.717, 1.165) is 0 Å². The molecule has 2 aromatic heterocycles. The fourth-order valence-corrected chi connectivity index (χ4v) is 3.30. The minimum absolute atomic E-state index is 0.122. The third kappa shape index (κ3) is 3.56. The summed E-state index contributed by atoms with van der Waals surface area (Å²) in [6.07, 6.45) is 3.60. The average molecular weight is 382 g/mol. The molecule has 0 radical (unpaired) electrons. The van der Waals surface area contributed by atoms with Crippen LogP contribution in [-0.4, -0.2) is 43.6 Å². The molecule has 1 aliphatic heterocycles. The minimum Gasteiger partial charge on any atom is -0.394 e. The highest BCUT2D eigenvalue weighted by atomic mass is 19.1. The maximum absolute atomic E-state index is 14.7. The fourth-order valence-electron chi connectivity index (χ4n) is 3.30. The molecule has 0 saturated carbocycles. The number of amides is 1. The number of carbonyl (C=O) groups is 1. The van der Waals surface area contributed by atoms with Crippen LogP contribution in [0.5, 0.6) is 0 Å². The second-order valence-electron chi connectivity index (χ2n) is 6.69. The van der Waals surface area contributed by atoms with E-state index in [2.05, 4.69) is 25.8 Å². The van der Waals surface area contributed by atoms with Gasteiger partial charge in [0.1, 0.15) is 11.6 Å². The Morgan fingerprint density at radius 3 is 2.75 bits per heavy atom. The predicted octanol–water partition coefficient (Wildman–Crippen LogP) is 1.72. The number of pyridine rings is 1. The van der Waals surface area contributed by atoms with Gasteiger partial charge in [-0.1, -0.05) is 12.1 Å². The third-order valence-corrected chi connectivity index (χ3v) is 4.73. The molecular weight excluding hydrogens is 363 g/mol. The molecule has 144 valence electrons. The van der Waals surface area contributed by atoms with E-state index in [1.54, 1.807) is 43.7 Å². The molecule has 3 N–H and O–H groups in total. The molecule has 9 heteroatoms. The maximum atomic E-state index is 14.7. The quantitative estimate of drug-likeness (QED) is 0.621. The van der Waals surface area contributed by atoms with Gasteiger partial charge < -0.3 is 15.7 Å². The number of benzene rings is 1. The van der Waals surface area contributed by atoms with Crippen LogP contribution in [-0.2, 0) is 11.8 Å². The van der Waals surface area contributed by atoms with Gasteiger partial charge in [0.05, 0.1) is 24.8 Å². The van der Waals surface area contributed by atoms with Crippen molar-refractivity contribution < 1.29 is 14.3 Å². The Morgan fingerprint density at radius 2 is 2.14 bits per heavy atom. The summed E-state index contributed by atoms with van der Waals surface area (Å²) in [5.41, 5.74) is 1.63. The van der Waals surface area contributed by atoms with E-state index < -0.39 is 11.7 Å². The first-order valence-electron chi connectivity index (χ1n) is 8.84. The number of aryl methyl sites for hydroxylation is 1. The number of carbonyl (C=O) groups excluding carboxylic acids is 1. The molecule has 1 aromatic carbocycles. The lowest BCUT2D eigenvalue weighted by Gasteiger charge is -2.11. The topological polar surface area (TPSA) is 105 Å². The highest BCUT2D eigenvalue weighted by Gasteiger charge is 2.32. The Morgan fingerprint density at radius 1 is 1.29 bits per heavy atom. The molecule has 3 heterocycles. The average Bonchev–Trinajstić information content (AvgIpc) is 3.27. The van der Waals surface area contributed by atoms with Crippen molar-refractivity contribution in [2.45, 2.75) is 18.4 Å². The normalized spacial score (nSPS) is 18.9. The van der Waals surface area contributed by atoms with Gasteiger partial charge in [-0.2, -0.15) is 9.90 Å². The van der Waals surface area contributed by atoms with Crippen LogP contribution in [0, 0.1) is 5.82 Å². The van der Waals surface area contributed by atoms with Gasteiger partial charge in [-0.25, -0.2) is 9.37 Å². The number of aliphatic hydroxyl groups is 1. The Labute approximate surface area is 160 Å². The minimum atomic E-state index is -0.447. The van der Waals surface area contributed by atoms with Gasteiger partial charge in [-0.15, -0.1) is 5.10 Å². The predicted molar refractivity (Wildman–Crippen MR) is 100 cm³/mol. The molecule has 3 aromatic rings. The number of aliphatic hydroxyl groups excluding tert-OH is 1. The summed E-state index contributed by atoms with van der Waals surface area (Å²) in [5.74, 6) is 0.0760. The largest absolute Gasteiger partial charge is 0.394 e. The monoisotopic (exact) mass is 382 g/mol. The molecule has 2 atom stereocenters. The van der Waals surface area contributed by atoms with E-state index in [1.165, 1.54) is 10.9 Å². The van der Waals surface area contributed by atoms with E-state index in [4.69, 9.17) is 0 Å². The van der Waals surface area contributed by atoms with Crippen molar-refractivity contribution >= 4 is 17.5 Å². The summed E-state index contributed by atoms with van der Waals surface area (Å²) in [5, 5.41) is 23.0. The van der Waals surface area contributed by atoms with Gasteiger partial charge in [0.2, 0.25) is 5.91 Å². The van der Waals surface area contributed by atoms with Crippen molar-refractivity contribution in [3.05, 3.63) is 54.1 Å². The van der Waals surface area contributed by atoms with Gasteiger partial charge in [-0.05, 0) is 30.2 Å². The second kappa shape index (κ2) is 7.35. The zero-order valence-corrected chi connectivity index (χ0v) is 15.1. The molecule has 1 aliphatic rings. The van der Waals surface area contributed by atoms with Crippen molar-refractivity contribution in [3.63, 3.8) is 0 Å². The van der Waals surface area contributed by atoms with Crippen LogP contribution in [0.15, 0.2) is 42.7 Å². The smallest absolute Gasteiger partial charge is 0.227 e. The maximum Gasteiger partial charge on any atom is 0.227 e. The number of nitrogens with one attached hydrogen (secondary N) is 2. The van der Waals surface area contributed by atoms with Crippen molar-refractivity contribution in [2.75, 3.05) is 11.9 Å². The molecule has 8 nitrogen and oxygen atoms in total. The molecule has 1 fully saturated rings. The molecule has 0 aliphatic carbocycles. The van der Waals surface area contributed by atoms with Gasteiger partial charge in [-0.3, -0.25) is 4.79 Å². The Balaban J connectivity index is 1.52. The fraction of sp³-hybridized carbons (Fsp3) is 0.263. The summed E-state index contributed by atoms with van der Waals surface area (Å²) >= 11 is 0. The number of hydrogen-bond acceptors (Lipinski definition) is 6. The van der Waals surface area contributed by atoms with Crippen LogP contribution in [0.25, 0.3) is 11.1 Å². The summed E-state index contributed by atoms with van der Waals surface area (Å²) in [7, 11) is 1.72. The van der Waals surface area contributed by atoms with Crippen LogP contribution in [0.4, 0.5) is 16.0 Å². The van der Waals surface area contributed by atoms with E-state index in [0.29, 0.717) is 34.7 Å². The molecule has 1 saturated heterocycles. The van der Waals surface area contributed by atoms with Crippen LogP contribution in [0.3, 0.4) is 0 Å². The SMILES string of the molecule is Cn1ncc(Nc2ccc(-c3ccc([C@H]4CC(CO)NC4=O)cc3F)cn2)n1. The summed E-state index contributed by atoms with van der Waals surface area (Å²) in [4.78, 5) is 17.7. The second-order valence-corrected chi connectivity index (χ2v) is 6.69. The van der Waals surface area contributed by atoms with Gasteiger partial charge in [0.15, 0.2) is 5.82 Å². The Kier molecular flexibility index (Phi) is 4.74. The van der Waals surface area contributed by atoms with Crippen molar-refractivity contribution in [1.29, 1.82) is 0 Å². The van der Waals surface area contributed by atoms with Crippen LogP contribution < -0.4 is 10.6 Å². The summed E-state index contributed by atoms with van der Waals surface area (Å²) < 4.78 is 14.7. The summed E-state index contributed by atoms with van der Waals surface area (Å²) in [6.45, 7) is -0.122. The lowest BCUT2D eigenvalue weighted by atomic mass is 9.93. The standard InChI is InChI=1S/C19H19FN6O2/c1-26-22-9-18(25-26)24-17-5-3-12(8-21-17)14-4-2-11(6-16(14)20)15-7-13(10-27)23-19(15)28/h2-6,8-9,13,15,27H,7,10H2,1H3,(H,23,28)(H,21,24,25)/t13?,15-/m1/s1. The first-order valence-corrected chi connectivity index (χ1v) is 8.84. The third-order valence-electron chi connectivity index (χ3n) is 4.73. The lowest BCUT2D eigenvalue weighted by Crippen LogP contribution is -2.28. The van der Waals surface area contributed by atoms with Crippen molar-refractivity contribution in [2.24, 2.45) is 7.05 Å². The van der Waals surface area contributed by atoms with Gasteiger partial charge in [0.25, 0.3) is 0 Å². The van der Waals surface area contributed by atoms with E-state index >= 15 is 0 Å². The molecule has 1 amide bonds. The zero-order valence-electron chi connectivity index (χ0n) is 15.1. The van der Waals surface area contributed by atoms with Crippen LogP contribution in [0.1, 0.15) is 17.9 Å². The van der Waals surface area contributed by atoms with E-state index in [1.807, 2.05) is 0 Å². The number of rotatable bonds is 5. The molecular formula is C19H19FN6O2. The number of aromatic nitrogens is 4.